The molecule has 0 aromatic carbocycles. The number of carbonyl (C=O) groups excluding carboxylic acids is 2. The van der Waals surface area contributed by atoms with Crippen molar-refractivity contribution in [1.29, 1.82) is 0 Å². The lowest BCUT2D eigenvalue weighted by atomic mass is 9.91. The van der Waals surface area contributed by atoms with Crippen LogP contribution in [0.25, 0.3) is 0 Å². The fourth-order valence-corrected chi connectivity index (χ4v) is 5.58. The Balaban J connectivity index is 1.47. The van der Waals surface area contributed by atoms with E-state index in [9.17, 15) is 9.59 Å². The van der Waals surface area contributed by atoms with Gasteiger partial charge in [0.2, 0.25) is 5.91 Å². The molecule has 3 aliphatic carbocycles. The molecule has 134 valence electrons. The summed E-state index contributed by atoms with van der Waals surface area (Å²) in [7, 11) is 0. The van der Waals surface area contributed by atoms with Crippen molar-refractivity contribution >= 4 is 28.2 Å². The summed E-state index contributed by atoms with van der Waals surface area (Å²) < 4.78 is 0. The molecule has 4 aliphatic rings. The highest BCUT2D eigenvalue weighted by molar-refractivity contribution is 7.17. The number of likely N-dealkylation sites (tertiary alicyclic amines) is 1. The lowest BCUT2D eigenvalue weighted by Gasteiger charge is -2.22. The van der Waals surface area contributed by atoms with Gasteiger partial charge < -0.3 is 16.0 Å². The van der Waals surface area contributed by atoms with Gasteiger partial charge in [0, 0.05) is 29.9 Å². The van der Waals surface area contributed by atoms with E-state index in [4.69, 9.17) is 5.73 Å². The van der Waals surface area contributed by atoms with Crippen LogP contribution in [0.3, 0.4) is 0 Å². The monoisotopic (exact) mass is 359 g/mol. The van der Waals surface area contributed by atoms with Crippen LogP contribution in [0.1, 0.15) is 59.3 Å². The second kappa shape index (κ2) is 5.55. The fourth-order valence-electron chi connectivity index (χ4n) is 4.34. The first-order valence-corrected chi connectivity index (χ1v) is 10.4. The highest BCUT2D eigenvalue weighted by Crippen LogP contribution is 2.53. The molecule has 1 aromatic heterocycles. The van der Waals surface area contributed by atoms with Crippen LogP contribution in [0.4, 0.5) is 5.00 Å². The van der Waals surface area contributed by atoms with E-state index in [2.05, 4.69) is 5.32 Å². The number of nitrogens with one attached hydrogen (secondary N) is 1. The zero-order valence-electron chi connectivity index (χ0n) is 14.5. The van der Waals surface area contributed by atoms with Gasteiger partial charge in [0.15, 0.2) is 0 Å². The van der Waals surface area contributed by atoms with Gasteiger partial charge in [-0.25, -0.2) is 0 Å². The molecule has 1 aliphatic heterocycles. The molecule has 1 saturated heterocycles. The summed E-state index contributed by atoms with van der Waals surface area (Å²) in [5.41, 5.74) is 8.46. The number of nitrogens with zero attached hydrogens (tertiary/aromatic N) is 1. The highest BCUT2D eigenvalue weighted by Gasteiger charge is 2.49. The van der Waals surface area contributed by atoms with E-state index >= 15 is 0 Å². The number of amides is 2. The third-order valence-electron chi connectivity index (χ3n) is 6.38. The minimum atomic E-state index is 0.0806. The predicted octanol–water partition coefficient (Wildman–Crippen LogP) is 2.54. The zero-order chi connectivity index (χ0) is 17.2. The van der Waals surface area contributed by atoms with Crippen LogP contribution < -0.4 is 11.1 Å². The van der Waals surface area contributed by atoms with E-state index < -0.39 is 0 Å². The highest BCUT2D eigenvalue weighted by atomic mass is 32.1. The van der Waals surface area contributed by atoms with Crippen molar-refractivity contribution in [2.24, 2.45) is 17.1 Å². The number of nitrogens with two attached hydrogens (primary N) is 1. The third kappa shape index (κ3) is 2.79. The number of anilines is 1. The molecule has 0 radical (unpaired) electrons. The van der Waals surface area contributed by atoms with Gasteiger partial charge in [-0.05, 0) is 62.3 Å². The number of aryl methyl sites for hydroxylation is 1. The third-order valence-corrected chi connectivity index (χ3v) is 7.59. The molecular weight excluding hydrogens is 334 g/mol. The number of rotatable bonds is 3. The number of fused-ring (bicyclic) bond motifs is 1. The Morgan fingerprint density at radius 1 is 1.20 bits per heavy atom. The van der Waals surface area contributed by atoms with Crippen LogP contribution in [-0.2, 0) is 17.6 Å². The summed E-state index contributed by atoms with van der Waals surface area (Å²) in [4.78, 5) is 28.9. The first-order chi connectivity index (χ1) is 12.0. The molecule has 25 heavy (non-hydrogen) atoms. The van der Waals surface area contributed by atoms with Crippen LogP contribution >= 0.6 is 11.3 Å². The van der Waals surface area contributed by atoms with Crippen molar-refractivity contribution in [1.82, 2.24) is 4.90 Å². The van der Waals surface area contributed by atoms with Crippen LogP contribution in [0.2, 0.25) is 0 Å². The Morgan fingerprint density at radius 2 is 2.00 bits per heavy atom. The molecule has 3 fully saturated rings. The van der Waals surface area contributed by atoms with Crippen molar-refractivity contribution in [3.05, 3.63) is 16.0 Å². The quantitative estimate of drug-likeness (QED) is 0.871. The summed E-state index contributed by atoms with van der Waals surface area (Å²) in [6, 6.07) is 0.119. The largest absolute Gasteiger partial charge is 0.338 e. The second-order valence-electron chi connectivity index (χ2n) is 8.45. The normalized spacial score (nSPS) is 26.6. The first kappa shape index (κ1) is 15.8. The van der Waals surface area contributed by atoms with E-state index in [0.717, 1.165) is 67.7 Å². The molecule has 2 amide bonds. The molecule has 0 bridgehead atoms. The lowest BCUT2D eigenvalue weighted by molar-refractivity contribution is -0.117. The smallest absolute Gasteiger partial charge is 0.257 e. The Kier molecular flexibility index (Phi) is 3.51. The maximum Gasteiger partial charge on any atom is 0.257 e. The Labute approximate surface area is 151 Å². The zero-order valence-corrected chi connectivity index (χ0v) is 15.3. The van der Waals surface area contributed by atoms with Gasteiger partial charge >= 0.3 is 0 Å². The topological polar surface area (TPSA) is 75.4 Å². The number of hydrogen-bond acceptors (Lipinski definition) is 4. The van der Waals surface area contributed by atoms with Crippen molar-refractivity contribution < 1.29 is 9.59 Å². The summed E-state index contributed by atoms with van der Waals surface area (Å²) in [5, 5.41) is 3.85. The lowest BCUT2D eigenvalue weighted by Crippen LogP contribution is -2.33. The Bertz CT molecular complexity index is 748. The van der Waals surface area contributed by atoms with Gasteiger partial charge in [0.1, 0.15) is 5.00 Å². The van der Waals surface area contributed by atoms with Crippen LogP contribution in [-0.4, -0.2) is 35.8 Å². The van der Waals surface area contributed by atoms with Crippen molar-refractivity contribution in [2.75, 3.05) is 18.4 Å². The average Bonchev–Trinajstić information content (AvgIpc) is 3.47. The average molecular weight is 359 g/mol. The summed E-state index contributed by atoms with van der Waals surface area (Å²) in [5.74, 6) is 0.337. The van der Waals surface area contributed by atoms with Gasteiger partial charge in [0.25, 0.3) is 5.91 Å². The maximum absolute atomic E-state index is 13.3. The van der Waals surface area contributed by atoms with Gasteiger partial charge in [-0.3, -0.25) is 9.59 Å². The first-order valence-electron chi connectivity index (χ1n) is 9.55. The second-order valence-corrected chi connectivity index (χ2v) is 9.56. The summed E-state index contributed by atoms with van der Waals surface area (Å²) >= 11 is 1.61. The van der Waals surface area contributed by atoms with Gasteiger partial charge in [-0.1, -0.05) is 0 Å². The molecule has 1 unspecified atom stereocenters. The fraction of sp³-hybridized carbons (Fsp3) is 0.684. The molecule has 6 heteroatoms. The molecular formula is C19H25N3O2S. The number of thiophene rings is 1. The maximum atomic E-state index is 13.3. The Morgan fingerprint density at radius 3 is 2.68 bits per heavy atom. The van der Waals surface area contributed by atoms with Crippen LogP contribution in [0.5, 0.6) is 0 Å². The predicted molar refractivity (Wildman–Crippen MR) is 97.9 cm³/mol. The van der Waals surface area contributed by atoms with Gasteiger partial charge in [-0.15, -0.1) is 11.3 Å². The van der Waals surface area contributed by atoms with E-state index in [0.29, 0.717) is 5.41 Å². The molecule has 1 spiro atoms. The molecule has 5 nitrogen and oxygen atoms in total. The summed E-state index contributed by atoms with van der Waals surface area (Å²) in [6.45, 7) is 1.74. The minimum Gasteiger partial charge on any atom is -0.338 e. The standard InChI is InChI=1S/C19H25N3O2S/c20-12-3-4-14-13(9-12)15(17(25-14)21-16(23)11-1-2-11)18(24)22-8-7-19(10-22)5-6-19/h11-12H,1-10,20H2,(H,21,23). The summed E-state index contributed by atoms with van der Waals surface area (Å²) in [6.07, 6.45) is 8.23. The Hall–Kier alpha value is -1.40. The van der Waals surface area contributed by atoms with Crippen LogP contribution in [0.15, 0.2) is 0 Å². The number of carbonyl (C=O) groups is 2. The van der Waals surface area contributed by atoms with E-state index in [-0.39, 0.29) is 23.8 Å². The molecule has 2 saturated carbocycles. The molecule has 3 N–H and O–H groups in total. The van der Waals surface area contributed by atoms with Crippen molar-refractivity contribution in [2.45, 2.75) is 57.4 Å². The van der Waals surface area contributed by atoms with Crippen LogP contribution in [0, 0.1) is 11.3 Å². The van der Waals surface area contributed by atoms with Gasteiger partial charge in [-0.2, -0.15) is 0 Å². The van der Waals surface area contributed by atoms with E-state index in [1.54, 1.807) is 11.3 Å². The van der Waals surface area contributed by atoms with Gasteiger partial charge in [0.05, 0.1) is 5.56 Å². The molecule has 1 aromatic rings. The molecule has 5 rings (SSSR count). The SMILES string of the molecule is NC1CCc2sc(NC(=O)C3CC3)c(C(=O)N3CCC4(CC4)C3)c2C1. The molecule has 2 heterocycles. The van der Waals surface area contributed by atoms with Crippen molar-refractivity contribution in [3.63, 3.8) is 0 Å². The van der Waals surface area contributed by atoms with E-state index in [1.807, 2.05) is 4.90 Å². The number of hydrogen-bond donors (Lipinski definition) is 2. The molecule has 1 atom stereocenters. The minimum absolute atomic E-state index is 0.0806. The van der Waals surface area contributed by atoms with Crippen molar-refractivity contribution in [3.8, 4) is 0 Å². The van der Waals surface area contributed by atoms with E-state index in [1.165, 1.54) is 17.7 Å².